The van der Waals surface area contributed by atoms with Crippen molar-refractivity contribution in [1.29, 1.82) is 0 Å². The highest BCUT2D eigenvalue weighted by atomic mass is 16.8. The molecule has 4 aliphatic rings. The Hall–Kier alpha value is -3.19. The Morgan fingerprint density at radius 2 is 1.95 bits per heavy atom. The molecule has 11 heteroatoms. The van der Waals surface area contributed by atoms with Crippen molar-refractivity contribution in [3.8, 4) is 0 Å². The van der Waals surface area contributed by atoms with E-state index in [0.717, 1.165) is 22.2 Å². The summed E-state index contributed by atoms with van der Waals surface area (Å²) in [5, 5.41) is 51.9. The summed E-state index contributed by atoms with van der Waals surface area (Å²) in [4.78, 5) is 18.7. The van der Waals surface area contributed by atoms with Crippen molar-refractivity contribution in [2.75, 3.05) is 13.2 Å². The Bertz CT molecular complexity index is 1310. The zero-order chi connectivity index (χ0) is 26.0. The van der Waals surface area contributed by atoms with Gasteiger partial charge in [0.05, 0.1) is 18.6 Å². The van der Waals surface area contributed by atoms with Crippen LogP contribution in [0.25, 0.3) is 10.9 Å². The number of aromatic amines is 1. The number of aliphatic hydroxyl groups is 5. The lowest BCUT2D eigenvalue weighted by Gasteiger charge is -2.44. The lowest BCUT2D eigenvalue weighted by Crippen LogP contribution is -2.60. The smallest absolute Gasteiger partial charge is 0.292 e. The molecule has 0 radical (unpaired) electrons. The van der Waals surface area contributed by atoms with E-state index in [-0.39, 0.29) is 11.5 Å². The quantitative estimate of drug-likeness (QED) is 0.316. The summed E-state index contributed by atoms with van der Waals surface area (Å²) in [6, 6.07) is 7.53. The molecule has 0 spiro atoms. The summed E-state index contributed by atoms with van der Waals surface area (Å²) in [6.07, 6.45) is -4.78. The zero-order valence-corrected chi connectivity index (χ0v) is 19.7. The largest absolute Gasteiger partial charge is 0.480 e. The van der Waals surface area contributed by atoms with Crippen molar-refractivity contribution in [2.45, 2.75) is 49.5 Å². The molecule has 0 aliphatic carbocycles. The standard InChI is InChI=1S/C26H28N2O9/c1-2-11-14-9-16-19-13(12-5-3-4-6-15(12)27-19)7-8-28(16)23(33)18(14)24(34)36-25(11)37-26-22(32)21(31)20(30)17(10-29)35-26/h2-6,9,11,16-17,20-22,25-27,29-32,34H,1,7-8,10H2/t11-,16-,17-,20?,21+,22?,25?,26+/m1/s1. The first-order valence-corrected chi connectivity index (χ1v) is 12.1. The molecule has 0 saturated carbocycles. The van der Waals surface area contributed by atoms with Crippen LogP contribution in [0.5, 0.6) is 0 Å². The van der Waals surface area contributed by atoms with Crippen molar-refractivity contribution in [1.82, 2.24) is 9.88 Å². The summed E-state index contributed by atoms with van der Waals surface area (Å²) in [5.41, 5.74) is 3.46. The lowest BCUT2D eigenvalue weighted by molar-refractivity contribution is -0.340. The van der Waals surface area contributed by atoms with E-state index < -0.39 is 61.5 Å². The Morgan fingerprint density at radius 3 is 2.70 bits per heavy atom. The number of aromatic nitrogens is 1. The molecule has 5 heterocycles. The van der Waals surface area contributed by atoms with Crippen molar-refractivity contribution < 1.29 is 44.5 Å². The number of rotatable bonds is 4. The number of para-hydroxylation sites is 1. The average Bonchev–Trinajstić information content (AvgIpc) is 3.28. The number of ether oxygens (including phenoxy) is 3. The molecule has 8 atom stereocenters. The summed E-state index contributed by atoms with van der Waals surface area (Å²) >= 11 is 0. The van der Waals surface area contributed by atoms with E-state index in [1.165, 1.54) is 6.08 Å². The number of amides is 1. The highest BCUT2D eigenvalue weighted by molar-refractivity contribution is 6.01. The van der Waals surface area contributed by atoms with Crippen molar-refractivity contribution in [3.05, 3.63) is 71.3 Å². The minimum absolute atomic E-state index is 0.00867. The number of hydrogen-bond acceptors (Lipinski definition) is 9. The first-order chi connectivity index (χ1) is 17.8. The second-order valence-electron chi connectivity index (χ2n) is 9.64. The van der Waals surface area contributed by atoms with Crippen molar-refractivity contribution in [2.24, 2.45) is 5.92 Å². The zero-order valence-electron chi connectivity index (χ0n) is 19.7. The van der Waals surface area contributed by atoms with Crippen LogP contribution >= 0.6 is 0 Å². The van der Waals surface area contributed by atoms with Crippen LogP contribution in [0.2, 0.25) is 0 Å². The van der Waals surface area contributed by atoms with Crippen LogP contribution in [-0.2, 0) is 25.4 Å². The highest BCUT2D eigenvalue weighted by Gasteiger charge is 2.50. The number of H-pyrrole nitrogens is 1. The fourth-order valence-electron chi connectivity index (χ4n) is 5.74. The first-order valence-electron chi connectivity index (χ1n) is 12.1. The second kappa shape index (κ2) is 8.98. The highest BCUT2D eigenvalue weighted by Crippen LogP contribution is 2.45. The van der Waals surface area contributed by atoms with Gasteiger partial charge in [-0.1, -0.05) is 30.4 Å². The first kappa shape index (κ1) is 24.2. The van der Waals surface area contributed by atoms with E-state index in [1.54, 1.807) is 4.90 Å². The van der Waals surface area contributed by atoms with Crippen LogP contribution in [0.4, 0.5) is 0 Å². The SMILES string of the molecule is C=C[C@@H]1C2=C[C@@H]3c4[nH]c5ccccc5c4CCN3C(=O)C2=C(O)OC1O[C@@H]1O[C@H](CO)C(O)[C@H](O)C1O. The van der Waals surface area contributed by atoms with Crippen LogP contribution in [0.3, 0.4) is 0 Å². The molecule has 1 amide bonds. The maximum atomic E-state index is 13.5. The van der Waals surface area contributed by atoms with E-state index >= 15 is 0 Å². The van der Waals surface area contributed by atoms with Crippen LogP contribution in [0, 0.1) is 5.92 Å². The number of aliphatic hydroxyl groups excluding tert-OH is 5. The van der Waals surface area contributed by atoms with Crippen LogP contribution in [0.1, 0.15) is 17.3 Å². The van der Waals surface area contributed by atoms with E-state index in [9.17, 15) is 30.3 Å². The van der Waals surface area contributed by atoms with Gasteiger partial charge in [-0.25, -0.2) is 0 Å². The molecule has 4 aliphatic heterocycles. The monoisotopic (exact) mass is 512 g/mol. The van der Waals surface area contributed by atoms with E-state index in [1.807, 2.05) is 30.3 Å². The van der Waals surface area contributed by atoms with Crippen molar-refractivity contribution in [3.63, 3.8) is 0 Å². The Labute approximate surface area is 211 Å². The number of carbonyl (C=O) groups is 1. The van der Waals surface area contributed by atoms with E-state index in [4.69, 9.17) is 14.2 Å². The number of carbonyl (C=O) groups excluding carboxylic acids is 1. The normalized spacial score (nSPS) is 35.4. The minimum Gasteiger partial charge on any atom is -0.480 e. The Morgan fingerprint density at radius 1 is 1.16 bits per heavy atom. The summed E-state index contributed by atoms with van der Waals surface area (Å²) in [5.74, 6) is -1.77. The van der Waals surface area contributed by atoms with Gasteiger partial charge in [-0.15, -0.1) is 6.58 Å². The number of nitrogens with zero attached hydrogens (tertiary/aromatic N) is 1. The molecule has 0 bridgehead atoms. The van der Waals surface area contributed by atoms with Gasteiger partial charge in [-0.05, 0) is 23.6 Å². The van der Waals surface area contributed by atoms with Gasteiger partial charge in [0.2, 0.25) is 6.29 Å². The second-order valence-corrected chi connectivity index (χ2v) is 9.64. The van der Waals surface area contributed by atoms with Gasteiger partial charge in [0.15, 0.2) is 6.29 Å². The average molecular weight is 513 g/mol. The number of fused-ring (bicyclic) bond motifs is 6. The van der Waals surface area contributed by atoms with Crippen LogP contribution in [0.15, 0.2) is 60.1 Å². The predicted octanol–water partition coefficient (Wildman–Crippen LogP) is 0.278. The molecule has 1 aromatic heterocycles. The van der Waals surface area contributed by atoms with Crippen molar-refractivity contribution >= 4 is 16.8 Å². The van der Waals surface area contributed by atoms with Gasteiger partial charge in [0.25, 0.3) is 11.9 Å². The maximum Gasteiger partial charge on any atom is 0.292 e. The molecule has 1 aromatic carbocycles. The number of nitrogens with one attached hydrogen (secondary N) is 1. The minimum atomic E-state index is -1.66. The van der Waals surface area contributed by atoms with Gasteiger partial charge in [0.1, 0.15) is 30.0 Å². The molecule has 196 valence electrons. The third kappa shape index (κ3) is 3.62. The fraction of sp³-hybridized carbons (Fsp3) is 0.423. The van der Waals surface area contributed by atoms with E-state index in [2.05, 4.69) is 11.6 Å². The van der Waals surface area contributed by atoms with E-state index in [0.29, 0.717) is 18.5 Å². The maximum absolute atomic E-state index is 13.5. The van der Waals surface area contributed by atoms with Crippen LogP contribution in [-0.4, -0.2) is 91.5 Å². The predicted molar refractivity (Wildman–Crippen MR) is 128 cm³/mol. The molecule has 6 N–H and O–H groups in total. The molecule has 37 heavy (non-hydrogen) atoms. The molecule has 11 nitrogen and oxygen atoms in total. The van der Waals surface area contributed by atoms with Gasteiger partial charge in [-0.3, -0.25) is 4.79 Å². The van der Waals surface area contributed by atoms with Gasteiger partial charge in [-0.2, -0.15) is 0 Å². The molecule has 6 rings (SSSR count). The number of hydrogen-bond donors (Lipinski definition) is 6. The molecule has 3 unspecified atom stereocenters. The molecule has 1 fully saturated rings. The summed E-state index contributed by atoms with van der Waals surface area (Å²) < 4.78 is 16.8. The van der Waals surface area contributed by atoms with Gasteiger partial charge < -0.3 is 49.6 Å². The Kier molecular flexibility index (Phi) is 5.86. The van der Waals surface area contributed by atoms with Gasteiger partial charge >= 0.3 is 0 Å². The summed E-state index contributed by atoms with van der Waals surface area (Å²) in [7, 11) is 0. The molecular weight excluding hydrogens is 484 g/mol. The third-order valence-corrected chi connectivity index (χ3v) is 7.65. The fourth-order valence-corrected chi connectivity index (χ4v) is 5.74. The summed E-state index contributed by atoms with van der Waals surface area (Å²) in [6.45, 7) is 3.69. The topological polar surface area (TPSA) is 165 Å². The van der Waals surface area contributed by atoms with Crippen LogP contribution < -0.4 is 0 Å². The molecule has 1 saturated heterocycles. The molecular formula is C26H28N2O9. The van der Waals surface area contributed by atoms with Gasteiger partial charge in [0, 0.05) is 23.1 Å². The third-order valence-electron chi connectivity index (χ3n) is 7.65. The Balaban J connectivity index is 1.37. The number of benzene rings is 1. The molecule has 2 aromatic rings. The lowest BCUT2D eigenvalue weighted by atomic mass is 9.82.